The molecule has 2 aromatic rings. The van der Waals surface area contributed by atoms with Crippen LogP contribution in [0.1, 0.15) is 25.3 Å². The van der Waals surface area contributed by atoms with Crippen LogP contribution in [0.2, 0.25) is 0 Å². The molecule has 0 bridgehead atoms. The minimum absolute atomic E-state index is 0.225. The molecule has 178 valence electrons. The first kappa shape index (κ1) is 25.3. The molecule has 0 spiro atoms. The van der Waals surface area contributed by atoms with Gasteiger partial charge in [-0.15, -0.1) is 0 Å². The Morgan fingerprint density at radius 3 is 2.36 bits per heavy atom. The van der Waals surface area contributed by atoms with E-state index < -0.39 is 60.8 Å². The van der Waals surface area contributed by atoms with Crippen molar-refractivity contribution in [2.75, 3.05) is 6.54 Å². The van der Waals surface area contributed by atoms with Gasteiger partial charge < -0.3 is 36.9 Å². The number of benzene rings is 1. The van der Waals surface area contributed by atoms with E-state index in [1.807, 2.05) is 24.3 Å². The Kier molecular flexibility index (Phi) is 8.92. The minimum atomic E-state index is -1.29. The van der Waals surface area contributed by atoms with Crippen molar-refractivity contribution in [1.82, 2.24) is 20.9 Å². The Morgan fingerprint density at radius 2 is 1.70 bits per heavy atom. The lowest BCUT2D eigenvalue weighted by Gasteiger charge is -2.21. The molecule has 0 saturated carbocycles. The van der Waals surface area contributed by atoms with Crippen LogP contribution in [0.15, 0.2) is 30.5 Å². The topological polar surface area (TPSA) is 204 Å². The number of para-hydroxylation sites is 1. The van der Waals surface area contributed by atoms with Gasteiger partial charge >= 0.3 is 11.9 Å². The van der Waals surface area contributed by atoms with Gasteiger partial charge in [0.25, 0.3) is 0 Å². The molecule has 1 heterocycles. The molecule has 0 aliphatic heterocycles. The summed E-state index contributed by atoms with van der Waals surface area (Å²) in [5.41, 5.74) is 7.75. The maximum absolute atomic E-state index is 12.5. The Hall–Kier alpha value is -3.93. The largest absolute Gasteiger partial charge is 0.481 e. The zero-order valence-corrected chi connectivity index (χ0v) is 18.0. The van der Waals surface area contributed by atoms with E-state index in [2.05, 4.69) is 20.9 Å². The van der Waals surface area contributed by atoms with Gasteiger partial charge in [-0.2, -0.15) is 0 Å². The average molecular weight is 461 g/mol. The molecule has 3 atom stereocenters. The first-order chi connectivity index (χ1) is 15.6. The van der Waals surface area contributed by atoms with Crippen LogP contribution in [0, 0.1) is 0 Å². The number of aromatic nitrogens is 1. The fourth-order valence-corrected chi connectivity index (χ4v) is 3.14. The van der Waals surface area contributed by atoms with Crippen LogP contribution in [-0.4, -0.2) is 69.5 Å². The third kappa shape index (κ3) is 7.61. The number of aliphatic carboxylic acids is 2. The Bertz CT molecular complexity index is 1030. The molecule has 0 saturated heterocycles. The third-order valence-corrected chi connectivity index (χ3v) is 4.90. The van der Waals surface area contributed by atoms with Crippen molar-refractivity contribution in [2.24, 2.45) is 5.73 Å². The molecule has 0 radical (unpaired) electrons. The highest BCUT2D eigenvalue weighted by Crippen LogP contribution is 2.18. The fourth-order valence-electron chi connectivity index (χ4n) is 3.14. The van der Waals surface area contributed by atoms with Crippen LogP contribution in [0.4, 0.5) is 0 Å². The van der Waals surface area contributed by atoms with E-state index in [0.717, 1.165) is 16.5 Å². The van der Waals surface area contributed by atoms with Gasteiger partial charge in [-0.25, -0.2) is 0 Å². The molecule has 1 aromatic carbocycles. The van der Waals surface area contributed by atoms with Gasteiger partial charge in [0.2, 0.25) is 17.7 Å². The summed E-state index contributed by atoms with van der Waals surface area (Å²) in [5.74, 6) is -4.66. The second-order valence-electron chi connectivity index (χ2n) is 7.51. The van der Waals surface area contributed by atoms with Crippen molar-refractivity contribution in [3.8, 4) is 0 Å². The quantitative estimate of drug-likeness (QED) is 0.210. The second-order valence-corrected chi connectivity index (χ2v) is 7.51. The number of rotatable bonds is 12. The number of nitrogens with two attached hydrogens (primary N) is 1. The zero-order chi connectivity index (χ0) is 24.5. The number of aromatic amines is 1. The molecule has 3 unspecified atom stereocenters. The van der Waals surface area contributed by atoms with Crippen LogP contribution < -0.4 is 21.7 Å². The number of nitrogens with one attached hydrogen (secondary N) is 4. The Morgan fingerprint density at radius 1 is 1.00 bits per heavy atom. The number of amides is 3. The number of H-pyrrole nitrogens is 1. The molecule has 8 N–H and O–H groups in total. The van der Waals surface area contributed by atoms with Gasteiger partial charge in [0.1, 0.15) is 18.6 Å². The molecule has 0 aliphatic carbocycles. The maximum Gasteiger partial charge on any atom is 0.322 e. The van der Waals surface area contributed by atoms with Crippen molar-refractivity contribution in [3.05, 3.63) is 36.0 Å². The number of hydrogen-bond donors (Lipinski definition) is 7. The van der Waals surface area contributed by atoms with Crippen molar-refractivity contribution < 1.29 is 34.2 Å². The first-order valence-corrected chi connectivity index (χ1v) is 10.2. The predicted molar refractivity (Wildman–Crippen MR) is 117 cm³/mol. The maximum atomic E-state index is 12.5. The lowest BCUT2D eigenvalue weighted by Crippen LogP contribution is -2.55. The molecular formula is C21H27N5O7. The van der Waals surface area contributed by atoms with Gasteiger partial charge in [-0.05, 0) is 31.4 Å². The van der Waals surface area contributed by atoms with Crippen LogP contribution in [0.3, 0.4) is 0 Å². The van der Waals surface area contributed by atoms with E-state index in [4.69, 9.17) is 15.9 Å². The van der Waals surface area contributed by atoms with E-state index in [-0.39, 0.29) is 12.8 Å². The summed E-state index contributed by atoms with van der Waals surface area (Å²) in [6.45, 7) is 0.697. The monoisotopic (exact) mass is 461 g/mol. The van der Waals surface area contributed by atoms with Crippen molar-refractivity contribution in [1.29, 1.82) is 0 Å². The number of carbonyl (C=O) groups is 5. The molecule has 33 heavy (non-hydrogen) atoms. The van der Waals surface area contributed by atoms with Crippen molar-refractivity contribution in [2.45, 2.75) is 44.3 Å². The summed E-state index contributed by atoms with van der Waals surface area (Å²) in [6.07, 6.45) is 1.30. The highest BCUT2D eigenvalue weighted by atomic mass is 16.4. The van der Waals surface area contributed by atoms with Crippen LogP contribution >= 0.6 is 0 Å². The van der Waals surface area contributed by atoms with Crippen LogP contribution in [-0.2, 0) is 30.4 Å². The zero-order valence-electron chi connectivity index (χ0n) is 18.0. The Labute approximate surface area is 188 Å². The van der Waals surface area contributed by atoms with Gasteiger partial charge in [-0.3, -0.25) is 24.0 Å². The van der Waals surface area contributed by atoms with E-state index in [9.17, 15) is 24.0 Å². The predicted octanol–water partition coefficient (Wildman–Crippen LogP) is -0.907. The standard InChI is InChI=1S/C21H27N5O7/c1-11(19(31)26-16(6-7-17(27)28)21(33)24-10-18(29)30)25-20(32)14(22)8-12-9-23-15-5-3-2-4-13(12)15/h2-5,9,11,14,16,23H,6-8,10,22H2,1H3,(H,24,33)(H,25,32)(H,26,31)(H,27,28)(H,29,30). The first-order valence-electron chi connectivity index (χ1n) is 10.2. The fraction of sp³-hybridized carbons (Fsp3) is 0.381. The SMILES string of the molecule is CC(NC(=O)C(N)Cc1c[nH]c2ccccc12)C(=O)NC(CCC(=O)O)C(=O)NCC(=O)O. The molecule has 12 nitrogen and oxygen atoms in total. The summed E-state index contributed by atoms with van der Waals surface area (Å²) in [7, 11) is 0. The van der Waals surface area contributed by atoms with Crippen molar-refractivity contribution in [3.63, 3.8) is 0 Å². The third-order valence-electron chi connectivity index (χ3n) is 4.90. The molecule has 0 fully saturated rings. The highest BCUT2D eigenvalue weighted by molar-refractivity contribution is 5.94. The van der Waals surface area contributed by atoms with Gasteiger partial charge in [0.15, 0.2) is 0 Å². The van der Waals surface area contributed by atoms with E-state index in [0.29, 0.717) is 0 Å². The number of carboxylic acid groups (broad SMARTS) is 2. The Balaban J connectivity index is 1.95. The summed E-state index contributed by atoms with van der Waals surface area (Å²) < 4.78 is 0. The lowest BCUT2D eigenvalue weighted by atomic mass is 10.0. The van der Waals surface area contributed by atoms with E-state index in [1.54, 1.807) is 6.20 Å². The smallest absolute Gasteiger partial charge is 0.322 e. The summed E-state index contributed by atoms with van der Waals surface area (Å²) in [6, 6.07) is 4.23. The molecular weight excluding hydrogens is 434 g/mol. The van der Waals surface area contributed by atoms with E-state index >= 15 is 0 Å². The van der Waals surface area contributed by atoms with Crippen LogP contribution in [0.5, 0.6) is 0 Å². The second kappa shape index (κ2) is 11.6. The molecule has 1 aromatic heterocycles. The number of carboxylic acids is 2. The van der Waals surface area contributed by atoms with Crippen molar-refractivity contribution >= 4 is 40.6 Å². The van der Waals surface area contributed by atoms with E-state index in [1.165, 1.54) is 6.92 Å². The van der Waals surface area contributed by atoms with Gasteiger partial charge in [0, 0.05) is 23.5 Å². The lowest BCUT2D eigenvalue weighted by molar-refractivity contribution is -0.140. The average Bonchev–Trinajstić information content (AvgIpc) is 3.17. The number of carbonyl (C=O) groups excluding carboxylic acids is 3. The molecule has 0 aliphatic rings. The molecule has 2 rings (SSSR count). The highest BCUT2D eigenvalue weighted by Gasteiger charge is 2.26. The molecule has 3 amide bonds. The van der Waals surface area contributed by atoms with Gasteiger partial charge in [-0.1, -0.05) is 18.2 Å². The summed E-state index contributed by atoms with van der Waals surface area (Å²) in [4.78, 5) is 61.7. The summed E-state index contributed by atoms with van der Waals surface area (Å²) in [5, 5.41) is 25.4. The normalized spacial score (nSPS) is 13.5. The number of fused-ring (bicyclic) bond motifs is 1. The number of hydrogen-bond acceptors (Lipinski definition) is 6. The van der Waals surface area contributed by atoms with Gasteiger partial charge in [0.05, 0.1) is 6.04 Å². The minimum Gasteiger partial charge on any atom is -0.481 e. The summed E-state index contributed by atoms with van der Waals surface area (Å²) >= 11 is 0. The molecule has 12 heteroatoms. The van der Waals surface area contributed by atoms with Crippen LogP contribution in [0.25, 0.3) is 10.9 Å².